The summed E-state index contributed by atoms with van der Waals surface area (Å²) in [6.45, 7) is -0.0842. The summed E-state index contributed by atoms with van der Waals surface area (Å²) in [5.74, 6) is -1.75. The van der Waals surface area contributed by atoms with Gasteiger partial charge in [0.05, 0.1) is 10.2 Å². The SMILES string of the molecule is Fc1ccc(Br)c(NCc2c(F)ccc(Br)c2F)c1. The summed E-state index contributed by atoms with van der Waals surface area (Å²) in [4.78, 5) is 0. The normalized spacial score (nSPS) is 10.6. The molecule has 0 fully saturated rings. The lowest BCUT2D eigenvalue weighted by Gasteiger charge is -2.11. The lowest BCUT2D eigenvalue weighted by Crippen LogP contribution is -2.05. The molecule has 0 aliphatic heterocycles. The molecule has 0 unspecified atom stereocenters. The number of hydrogen-bond donors (Lipinski definition) is 1. The van der Waals surface area contributed by atoms with Gasteiger partial charge in [-0.3, -0.25) is 0 Å². The van der Waals surface area contributed by atoms with E-state index in [-0.39, 0.29) is 16.6 Å². The van der Waals surface area contributed by atoms with E-state index in [0.29, 0.717) is 10.2 Å². The minimum atomic E-state index is -0.667. The van der Waals surface area contributed by atoms with Crippen LogP contribution in [0.2, 0.25) is 0 Å². The average Bonchev–Trinajstić information content (AvgIpc) is 2.38. The van der Waals surface area contributed by atoms with Gasteiger partial charge in [-0.2, -0.15) is 0 Å². The molecular formula is C13H8Br2F3N. The van der Waals surface area contributed by atoms with Gasteiger partial charge in [0.25, 0.3) is 0 Å². The van der Waals surface area contributed by atoms with Crippen LogP contribution in [0.15, 0.2) is 39.3 Å². The predicted octanol–water partition coefficient (Wildman–Crippen LogP) is 5.24. The van der Waals surface area contributed by atoms with E-state index in [4.69, 9.17) is 0 Å². The Morgan fingerprint density at radius 1 is 0.947 bits per heavy atom. The summed E-state index contributed by atoms with van der Waals surface area (Å²) in [5, 5.41) is 2.79. The maximum absolute atomic E-state index is 13.7. The van der Waals surface area contributed by atoms with Gasteiger partial charge in [-0.25, -0.2) is 13.2 Å². The van der Waals surface area contributed by atoms with E-state index < -0.39 is 17.5 Å². The molecule has 2 rings (SSSR count). The molecule has 1 N–H and O–H groups in total. The van der Waals surface area contributed by atoms with Crippen molar-refractivity contribution in [3.8, 4) is 0 Å². The summed E-state index contributed by atoms with van der Waals surface area (Å²) < 4.78 is 41.1. The van der Waals surface area contributed by atoms with E-state index >= 15 is 0 Å². The number of anilines is 1. The molecule has 100 valence electrons. The number of nitrogens with one attached hydrogen (secondary N) is 1. The second-order valence-electron chi connectivity index (χ2n) is 3.80. The highest BCUT2D eigenvalue weighted by atomic mass is 79.9. The van der Waals surface area contributed by atoms with Crippen molar-refractivity contribution in [2.45, 2.75) is 6.54 Å². The third-order valence-electron chi connectivity index (χ3n) is 2.52. The summed E-state index contributed by atoms with van der Waals surface area (Å²) in [5.41, 5.74) is 0.323. The molecule has 0 heterocycles. The van der Waals surface area contributed by atoms with Crippen LogP contribution in [0, 0.1) is 17.5 Å². The highest BCUT2D eigenvalue weighted by Crippen LogP contribution is 2.26. The number of rotatable bonds is 3. The van der Waals surface area contributed by atoms with Gasteiger partial charge >= 0.3 is 0 Å². The highest BCUT2D eigenvalue weighted by Gasteiger charge is 2.12. The Balaban J connectivity index is 2.24. The molecule has 0 spiro atoms. The molecule has 0 amide bonds. The first-order chi connectivity index (χ1) is 8.99. The van der Waals surface area contributed by atoms with Gasteiger partial charge in [0.15, 0.2) is 0 Å². The van der Waals surface area contributed by atoms with E-state index in [1.807, 2.05) is 0 Å². The summed E-state index contributed by atoms with van der Waals surface area (Å²) in [7, 11) is 0. The van der Waals surface area contributed by atoms with Crippen LogP contribution in [-0.2, 0) is 6.54 Å². The average molecular weight is 395 g/mol. The van der Waals surface area contributed by atoms with Gasteiger partial charge in [-0.1, -0.05) is 0 Å². The smallest absolute Gasteiger partial charge is 0.145 e. The molecule has 1 nitrogen and oxygen atoms in total. The fourth-order valence-corrected chi connectivity index (χ4v) is 2.31. The molecule has 0 radical (unpaired) electrons. The number of benzene rings is 2. The largest absolute Gasteiger partial charge is 0.380 e. The summed E-state index contributed by atoms with van der Waals surface area (Å²) in [6.07, 6.45) is 0. The third-order valence-corrected chi connectivity index (χ3v) is 3.83. The molecule has 0 atom stereocenters. The van der Waals surface area contributed by atoms with Crippen molar-refractivity contribution in [1.29, 1.82) is 0 Å². The van der Waals surface area contributed by atoms with E-state index in [0.717, 1.165) is 0 Å². The lowest BCUT2D eigenvalue weighted by molar-refractivity contribution is 0.555. The summed E-state index contributed by atoms with van der Waals surface area (Å²) >= 11 is 6.22. The van der Waals surface area contributed by atoms with Crippen LogP contribution in [0.5, 0.6) is 0 Å². The second kappa shape index (κ2) is 5.96. The van der Waals surface area contributed by atoms with E-state index in [1.54, 1.807) is 0 Å². The van der Waals surface area contributed by atoms with Crippen LogP contribution >= 0.6 is 31.9 Å². The van der Waals surface area contributed by atoms with Gasteiger partial charge in [0.2, 0.25) is 0 Å². The van der Waals surface area contributed by atoms with Crippen molar-refractivity contribution >= 4 is 37.5 Å². The van der Waals surface area contributed by atoms with Gasteiger partial charge in [-0.05, 0) is 62.2 Å². The van der Waals surface area contributed by atoms with Crippen molar-refractivity contribution < 1.29 is 13.2 Å². The minimum Gasteiger partial charge on any atom is -0.380 e. The molecule has 0 aromatic heterocycles. The van der Waals surface area contributed by atoms with Crippen LogP contribution in [0.1, 0.15) is 5.56 Å². The van der Waals surface area contributed by atoms with Crippen molar-refractivity contribution in [3.05, 3.63) is 62.3 Å². The van der Waals surface area contributed by atoms with Gasteiger partial charge < -0.3 is 5.32 Å². The Labute approximate surface area is 125 Å². The van der Waals surface area contributed by atoms with Crippen molar-refractivity contribution in [1.82, 2.24) is 0 Å². The Morgan fingerprint density at radius 2 is 1.63 bits per heavy atom. The third kappa shape index (κ3) is 3.30. The second-order valence-corrected chi connectivity index (χ2v) is 5.51. The maximum atomic E-state index is 13.7. The van der Waals surface area contributed by atoms with Crippen molar-refractivity contribution in [3.63, 3.8) is 0 Å². The lowest BCUT2D eigenvalue weighted by atomic mass is 10.2. The Morgan fingerprint density at radius 3 is 2.37 bits per heavy atom. The molecule has 0 aliphatic rings. The van der Waals surface area contributed by atoms with Crippen LogP contribution in [-0.4, -0.2) is 0 Å². The van der Waals surface area contributed by atoms with Gasteiger partial charge in [0, 0.05) is 16.6 Å². The Bertz CT molecular complexity index is 617. The van der Waals surface area contributed by atoms with Crippen molar-refractivity contribution in [2.75, 3.05) is 5.32 Å². The van der Waals surface area contributed by atoms with Crippen LogP contribution < -0.4 is 5.32 Å². The molecular weight excluding hydrogens is 387 g/mol. The molecule has 0 saturated carbocycles. The zero-order chi connectivity index (χ0) is 14.0. The monoisotopic (exact) mass is 393 g/mol. The molecule has 0 aliphatic carbocycles. The van der Waals surface area contributed by atoms with E-state index in [9.17, 15) is 13.2 Å². The first-order valence-corrected chi connectivity index (χ1v) is 6.89. The topological polar surface area (TPSA) is 12.0 Å². The fourth-order valence-electron chi connectivity index (χ4n) is 1.55. The minimum absolute atomic E-state index is 0.0842. The summed E-state index contributed by atoms with van der Waals surface area (Å²) in [6, 6.07) is 6.52. The first-order valence-electron chi connectivity index (χ1n) is 5.30. The first kappa shape index (κ1) is 14.4. The van der Waals surface area contributed by atoms with E-state index in [2.05, 4.69) is 37.2 Å². The highest BCUT2D eigenvalue weighted by molar-refractivity contribution is 9.10. The van der Waals surface area contributed by atoms with Crippen LogP contribution in [0.4, 0.5) is 18.9 Å². The number of halogens is 5. The zero-order valence-electron chi connectivity index (χ0n) is 9.48. The van der Waals surface area contributed by atoms with Gasteiger partial charge in [-0.15, -0.1) is 0 Å². The standard InChI is InChI=1S/C13H8Br2F3N/c14-9-2-1-7(16)5-12(9)19-6-8-11(17)4-3-10(15)13(8)18/h1-5,19H,6H2. The molecule has 6 heteroatoms. The van der Waals surface area contributed by atoms with Crippen molar-refractivity contribution in [2.24, 2.45) is 0 Å². The molecule has 0 bridgehead atoms. The van der Waals surface area contributed by atoms with Gasteiger partial charge in [0.1, 0.15) is 17.5 Å². The fraction of sp³-hybridized carbons (Fsp3) is 0.0769. The predicted molar refractivity (Wildman–Crippen MR) is 75.5 cm³/mol. The Hall–Kier alpha value is -1.01. The maximum Gasteiger partial charge on any atom is 0.145 e. The van der Waals surface area contributed by atoms with E-state index in [1.165, 1.54) is 30.3 Å². The Kier molecular flexibility index (Phi) is 4.52. The molecule has 0 saturated heterocycles. The molecule has 2 aromatic rings. The molecule has 2 aromatic carbocycles. The molecule has 19 heavy (non-hydrogen) atoms. The van der Waals surface area contributed by atoms with Crippen LogP contribution in [0.3, 0.4) is 0 Å². The zero-order valence-corrected chi connectivity index (χ0v) is 12.7. The van der Waals surface area contributed by atoms with Crippen LogP contribution in [0.25, 0.3) is 0 Å². The quantitative estimate of drug-likeness (QED) is 0.702. The number of hydrogen-bond acceptors (Lipinski definition) is 1.